The lowest BCUT2D eigenvalue weighted by molar-refractivity contribution is -0.144. The highest BCUT2D eigenvalue weighted by Crippen LogP contribution is 2.26. The summed E-state index contributed by atoms with van der Waals surface area (Å²) in [5, 5.41) is 2.93. The lowest BCUT2D eigenvalue weighted by atomic mass is 10.1. The molecule has 3 heterocycles. The first-order valence-electron chi connectivity index (χ1n) is 5.76. The molecule has 6 heteroatoms. The average Bonchev–Trinajstić information content (AvgIpc) is 2.99. The first-order chi connectivity index (χ1) is 8.34. The van der Waals surface area contributed by atoms with Gasteiger partial charge in [-0.2, -0.15) is 0 Å². The first-order valence-corrected chi connectivity index (χ1v) is 6.64. The normalized spacial score (nSPS) is 30.5. The molecule has 1 aromatic rings. The minimum atomic E-state index is -0.0928. The van der Waals surface area contributed by atoms with E-state index in [2.05, 4.69) is 9.88 Å². The Kier molecular flexibility index (Phi) is 3.09. The van der Waals surface area contributed by atoms with Crippen LogP contribution in [0.25, 0.3) is 0 Å². The van der Waals surface area contributed by atoms with Crippen LogP contribution >= 0.6 is 11.3 Å². The predicted octanol–water partition coefficient (Wildman–Crippen LogP) is 0.832. The third kappa shape index (κ3) is 2.20. The van der Waals surface area contributed by atoms with Crippen LogP contribution in [0, 0.1) is 0 Å². The van der Waals surface area contributed by atoms with Gasteiger partial charge in [0.1, 0.15) is 17.2 Å². The second-order valence-corrected chi connectivity index (χ2v) is 5.12. The van der Waals surface area contributed by atoms with Crippen LogP contribution < -0.4 is 0 Å². The Bertz CT molecular complexity index is 395. The van der Waals surface area contributed by atoms with E-state index < -0.39 is 0 Å². The quantitative estimate of drug-likeness (QED) is 0.732. The monoisotopic (exact) mass is 254 g/mol. The van der Waals surface area contributed by atoms with Gasteiger partial charge in [-0.1, -0.05) is 0 Å². The second-order valence-electron chi connectivity index (χ2n) is 4.20. The minimum Gasteiger partial charge on any atom is -0.464 e. The summed E-state index contributed by atoms with van der Waals surface area (Å²) < 4.78 is 10.7. The molecule has 2 saturated heterocycles. The van der Waals surface area contributed by atoms with Crippen molar-refractivity contribution in [3.63, 3.8) is 0 Å². The Hall–Kier alpha value is -0.980. The molecular weight excluding hydrogens is 240 g/mol. The van der Waals surface area contributed by atoms with Crippen LogP contribution in [0.1, 0.15) is 17.5 Å². The fourth-order valence-electron chi connectivity index (χ4n) is 2.31. The number of ether oxygens (including phenoxy) is 2. The molecule has 2 fully saturated rings. The van der Waals surface area contributed by atoms with E-state index in [-0.39, 0.29) is 18.1 Å². The molecule has 2 aliphatic heterocycles. The first kappa shape index (κ1) is 11.1. The summed E-state index contributed by atoms with van der Waals surface area (Å²) in [6.07, 6.45) is 2.58. The lowest BCUT2D eigenvalue weighted by Crippen LogP contribution is -2.46. The molecule has 1 aromatic heterocycles. The average molecular weight is 254 g/mol. The van der Waals surface area contributed by atoms with Gasteiger partial charge in [0.15, 0.2) is 0 Å². The molecule has 0 saturated carbocycles. The molecule has 3 rings (SSSR count). The van der Waals surface area contributed by atoms with Crippen molar-refractivity contribution in [2.24, 2.45) is 0 Å². The predicted molar refractivity (Wildman–Crippen MR) is 61.7 cm³/mol. The molecule has 0 radical (unpaired) electrons. The number of thiazole rings is 1. The molecule has 0 amide bonds. The summed E-state index contributed by atoms with van der Waals surface area (Å²) >= 11 is 1.60. The lowest BCUT2D eigenvalue weighted by Gasteiger charge is -2.34. The van der Waals surface area contributed by atoms with Gasteiger partial charge in [-0.15, -0.1) is 11.3 Å². The van der Waals surface area contributed by atoms with Crippen molar-refractivity contribution in [1.82, 2.24) is 9.88 Å². The Morgan fingerprint density at radius 3 is 3.12 bits per heavy atom. The molecule has 17 heavy (non-hydrogen) atoms. The molecule has 0 spiro atoms. The molecule has 5 nitrogen and oxygen atoms in total. The number of nitrogens with zero attached hydrogens (tertiary/aromatic N) is 2. The maximum Gasteiger partial charge on any atom is 0.323 e. The van der Waals surface area contributed by atoms with E-state index in [1.807, 2.05) is 5.38 Å². The summed E-state index contributed by atoms with van der Waals surface area (Å²) in [7, 11) is 0. The van der Waals surface area contributed by atoms with E-state index in [4.69, 9.17) is 9.47 Å². The zero-order valence-electron chi connectivity index (χ0n) is 9.37. The number of carbonyl (C=O) groups is 1. The zero-order valence-corrected chi connectivity index (χ0v) is 10.2. The number of hydrogen-bond donors (Lipinski definition) is 0. The van der Waals surface area contributed by atoms with Crippen LogP contribution in [0.4, 0.5) is 0 Å². The number of hydrogen-bond acceptors (Lipinski definition) is 6. The maximum atomic E-state index is 11.5. The summed E-state index contributed by atoms with van der Waals surface area (Å²) in [5.74, 6) is -0.0928. The fraction of sp³-hybridized carbons (Fsp3) is 0.636. The topological polar surface area (TPSA) is 51.7 Å². The van der Waals surface area contributed by atoms with Crippen molar-refractivity contribution >= 4 is 17.3 Å². The van der Waals surface area contributed by atoms with Crippen LogP contribution in [0.5, 0.6) is 0 Å². The number of esters is 1. The van der Waals surface area contributed by atoms with E-state index in [0.717, 1.165) is 24.5 Å². The number of rotatable bonds is 2. The summed E-state index contributed by atoms with van der Waals surface area (Å²) in [5.41, 5.74) is 0. The van der Waals surface area contributed by atoms with E-state index in [9.17, 15) is 4.79 Å². The molecule has 0 bridgehead atoms. The molecule has 92 valence electrons. The van der Waals surface area contributed by atoms with Crippen molar-refractivity contribution < 1.29 is 14.3 Å². The molecule has 0 aromatic carbocycles. The largest absolute Gasteiger partial charge is 0.464 e. The minimum absolute atomic E-state index is 0.00264. The van der Waals surface area contributed by atoms with Crippen LogP contribution in [0.3, 0.4) is 0 Å². The van der Waals surface area contributed by atoms with Gasteiger partial charge in [0.25, 0.3) is 0 Å². The van der Waals surface area contributed by atoms with Crippen molar-refractivity contribution in [3.05, 3.63) is 16.6 Å². The Morgan fingerprint density at radius 1 is 1.47 bits per heavy atom. The molecular formula is C11H14N2O3S. The van der Waals surface area contributed by atoms with Crippen LogP contribution in [-0.4, -0.2) is 48.2 Å². The molecule has 0 N–H and O–H groups in total. The van der Waals surface area contributed by atoms with Gasteiger partial charge in [0, 0.05) is 31.1 Å². The van der Waals surface area contributed by atoms with Crippen molar-refractivity contribution in [1.29, 1.82) is 0 Å². The fourth-order valence-corrected chi connectivity index (χ4v) is 2.99. The Morgan fingerprint density at radius 2 is 2.41 bits per heavy atom. The highest BCUT2D eigenvalue weighted by molar-refractivity contribution is 7.09. The highest BCUT2D eigenvalue weighted by atomic mass is 32.1. The van der Waals surface area contributed by atoms with Crippen LogP contribution in [0.2, 0.25) is 0 Å². The van der Waals surface area contributed by atoms with E-state index in [1.165, 1.54) is 0 Å². The third-order valence-corrected chi connectivity index (χ3v) is 4.04. The highest BCUT2D eigenvalue weighted by Gasteiger charge is 2.36. The van der Waals surface area contributed by atoms with E-state index in [0.29, 0.717) is 13.2 Å². The summed E-state index contributed by atoms with van der Waals surface area (Å²) in [6.45, 7) is 2.71. The van der Waals surface area contributed by atoms with Crippen molar-refractivity contribution in [3.8, 4) is 0 Å². The van der Waals surface area contributed by atoms with Gasteiger partial charge >= 0.3 is 5.97 Å². The van der Waals surface area contributed by atoms with E-state index in [1.54, 1.807) is 17.5 Å². The molecule has 2 unspecified atom stereocenters. The number of aromatic nitrogens is 1. The van der Waals surface area contributed by atoms with Crippen LogP contribution in [-0.2, 0) is 14.3 Å². The molecule has 0 aliphatic carbocycles. The number of cyclic esters (lactones) is 1. The maximum absolute atomic E-state index is 11.5. The standard InChI is InChI=1S/C11H14N2O3S/c14-11-8(1-4-16-11)13-3-5-15-9(7-13)10-12-2-6-17-10/h2,6,8-9H,1,3-5,7H2. The van der Waals surface area contributed by atoms with Gasteiger partial charge in [-0.25, -0.2) is 4.98 Å². The number of morpholine rings is 1. The summed E-state index contributed by atoms with van der Waals surface area (Å²) in [6, 6.07) is -0.0821. The zero-order chi connectivity index (χ0) is 11.7. The molecule has 2 atom stereocenters. The van der Waals surface area contributed by atoms with Crippen molar-refractivity contribution in [2.45, 2.75) is 18.6 Å². The number of carbonyl (C=O) groups excluding carboxylic acids is 1. The van der Waals surface area contributed by atoms with Gasteiger partial charge < -0.3 is 9.47 Å². The van der Waals surface area contributed by atoms with Gasteiger partial charge in [-0.3, -0.25) is 9.69 Å². The van der Waals surface area contributed by atoms with E-state index >= 15 is 0 Å². The SMILES string of the molecule is O=C1OCCC1N1CCOC(c2nccs2)C1. The smallest absolute Gasteiger partial charge is 0.323 e. The van der Waals surface area contributed by atoms with Gasteiger partial charge in [0.2, 0.25) is 0 Å². The summed E-state index contributed by atoms with van der Waals surface area (Å²) in [4.78, 5) is 18.0. The van der Waals surface area contributed by atoms with Crippen LogP contribution in [0.15, 0.2) is 11.6 Å². The Balaban J connectivity index is 1.69. The van der Waals surface area contributed by atoms with Gasteiger partial charge in [0.05, 0.1) is 13.2 Å². The second kappa shape index (κ2) is 4.72. The van der Waals surface area contributed by atoms with Gasteiger partial charge in [-0.05, 0) is 0 Å². The van der Waals surface area contributed by atoms with Crippen molar-refractivity contribution in [2.75, 3.05) is 26.3 Å². The Labute approximate surface area is 103 Å². The molecule has 2 aliphatic rings. The third-order valence-electron chi connectivity index (χ3n) is 3.17.